The molecule has 0 saturated heterocycles. The quantitative estimate of drug-likeness (QED) is 0.260. The van der Waals surface area contributed by atoms with E-state index in [1.807, 2.05) is 81.4 Å². The zero-order valence-corrected chi connectivity index (χ0v) is 19.4. The Bertz CT molecular complexity index is 1350. The van der Waals surface area contributed by atoms with E-state index in [1.165, 1.54) is 0 Å². The van der Waals surface area contributed by atoms with Crippen molar-refractivity contribution in [3.8, 4) is 22.8 Å². The number of aryl methyl sites for hydroxylation is 3. The molecule has 0 N–H and O–H groups in total. The maximum Gasteiger partial charge on any atom is 0.344 e. The van der Waals surface area contributed by atoms with Gasteiger partial charge in [-0.25, -0.2) is 4.79 Å². The first-order valence-electron chi connectivity index (χ1n) is 11.0. The molecule has 34 heavy (non-hydrogen) atoms. The number of carbonyl (C=O) groups excluding carboxylic acids is 1. The fourth-order valence-electron chi connectivity index (χ4n) is 3.66. The summed E-state index contributed by atoms with van der Waals surface area (Å²) in [6, 6.07) is 20.5. The lowest BCUT2D eigenvalue weighted by Crippen LogP contribution is -2.21. The Hall–Kier alpha value is -4.06. The summed E-state index contributed by atoms with van der Waals surface area (Å²) in [6.07, 6.45) is 0. The van der Waals surface area contributed by atoms with E-state index in [0.29, 0.717) is 22.3 Å². The molecule has 0 unspecified atom stereocenters. The van der Waals surface area contributed by atoms with Gasteiger partial charge in [-0.1, -0.05) is 54.1 Å². The van der Waals surface area contributed by atoms with Gasteiger partial charge < -0.3 is 18.6 Å². The number of hydrogen-bond acceptors (Lipinski definition) is 6. The van der Waals surface area contributed by atoms with Gasteiger partial charge in [0.15, 0.2) is 12.4 Å². The molecule has 0 spiro atoms. The van der Waals surface area contributed by atoms with Crippen molar-refractivity contribution < 1.29 is 23.4 Å². The lowest BCUT2D eigenvalue weighted by molar-refractivity contribution is -0.146. The predicted molar refractivity (Wildman–Crippen MR) is 131 cm³/mol. The van der Waals surface area contributed by atoms with Crippen LogP contribution in [0.15, 0.2) is 75.9 Å². The van der Waals surface area contributed by atoms with Crippen LogP contribution in [0, 0.1) is 20.8 Å². The molecule has 0 amide bonds. The van der Waals surface area contributed by atoms with Crippen molar-refractivity contribution in [1.82, 2.24) is 0 Å². The second kappa shape index (κ2) is 10.3. The molecule has 1 heterocycles. The van der Waals surface area contributed by atoms with Crippen LogP contribution in [-0.4, -0.2) is 25.8 Å². The molecule has 4 aromatic rings. The van der Waals surface area contributed by atoms with Crippen LogP contribution in [0.25, 0.3) is 22.3 Å². The Balaban J connectivity index is 1.53. The van der Waals surface area contributed by atoms with E-state index in [4.69, 9.17) is 18.6 Å². The van der Waals surface area contributed by atoms with E-state index < -0.39 is 12.6 Å². The second-order valence-corrected chi connectivity index (χ2v) is 8.08. The minimum absolute atomic E-state index is 0.0150. The molecule has 0 bridgehead atoms. The fourth-order valence-corrected chi connectivity index (χ4v) is 3.66. The highest BCUT2D eigenvalue weighted by Crippen LogP contribution is 2.32. The topological polar surface area (TPSA) is 75.0 Å². The molecule has 0 aliphatic heterocycles. The highest BCUT2D eigenvalue weighted by Gasteiger charge is 2.20. The predicted octanol–water partition coefficient (Wildman–Crippen LogP) is 5.39. The van der Waals surface area contributed by atoms with E-state index in [2.05, 4.69) is 0 Å². The van der Waals surface area contributed by atoms with E-state index in [-0.39, 0.29) is 30.2 Å². The highest BCUT2D eigenvalue weighted by molar-refractivity contribution is 5.85. The first kappa shape index (κ1) is 23.1. The molecule has 0 fully saturated rings. The Morgan fingerprint density at radius 3 is 2.32 bits per heavy atom. The first-order valence-corrected chi connectivity index (χ1v) is 11.0. The van der Waals surface area contributed by atoms with Crippen molar-refractivity contribution >= 4 is 16.9 Å². The largest absolute Gasteiger partial charge is 0.490 e. The summed E-state index contributed by atoms with van der Waals surface area (Å²) in [4.78, 5) is 25.6. The SMILES string of the molecule is Cc1ccc(-c2oc3c(C)cc(C)cc3c(=O)c2OCC(=O)OCCOc2ccccc2)cc1. The van der Waals surface area contributed by atoms with Gasteiger partial charge in [-0.2, -0.15) is 0 Å². The van der Waals surface area contributed by atoms with Crippen molar-refractivity contribution in [2.75, 3.05) is 19.8 Å². The molecule has 0 aliphatic carbocycles. The maximum atomic E-state index is 13.4. The highest BCUT2D eigenvalue weighted by atomic mass is 16.6. The van der Waals surface area contributed by atoms with Crippen LogP contribution in [0.1, 0.15) is 16.7 Å². The molecule has 4 rings (SSSR count). The van der Waals surface area contributed by atoms with Gasteiger partial charge >= 0.3 is 5.97 Å². The zero-order valence-electron chi connectivity index (χ0n) is 19.4. The molecule has 0 radical (unpaired) electrons. The van der Waals surface area contributed by atoms with E-state index >= 15 is 0 Å². The van der Waals surface area contributed by atoms with Gasteiger partial charge in [-0.05, 0) is 50.1 Å². The number of para-hydroxylation sites is 1. The van der Waals surface area contributed by atoms with E-state index in [1.54, 1.807) is 6.07 Å². The molecule has 0 aliphatic rings. The normalized spacial score (nSPS) is 10.8. The molecule has 0 saturated carbocycles. The average molecular weight is 459 g/mol. The van der Waals surface area contributed by atoms with Crippen molar-refractivity contribution in [3.63, 3.8) is 0 Å². The number of carbonyl (C=O) groups is 1. The van der Waals surface area contributed by atoms with Gasteiger partial charge in [0.05, 0.1) is 5.39 Å². The van der Waals surface area contributed by atoms with Crippen molar-refractivity contribution in [2.24, 2.45) is 0 Å². The third kappa shape index (κ3) is 5.29. The Morgan fingerprint density at radius 1 is 0.853 bits per heavy atom. The minimum atomic E-state index is -0.605. The standard InChI is InChI=1S/C28H26O6/c1-18-9-11-21(12-10-18)27-28(25(30)23-16-19(2)15-20(3)26(23)34-27)33-17-24(29)32-14-13-31-22-7-5-4-6-8-22/h4-12,15-16H,13-14,17H2,1-3H3. The summed E-state index contributed by atoms with van der Waals surface area (Å²) < 4.78 is 22.6. The lowest BCUT2D eigenvalue weighted by Gasteiger charge is -2.13. The molecule has 3 aromatic carbocycles. The van der Waals surface area contributed by atoms with Crippen molar-refractivity contribution in [1.29, 1.82) is 0 Å². The molecule has 1 aromatic heterocycles. The van der Waals surface area contributed by atoms with Crippen LogP contribution in [0.2, 0.25) is 0 Å². The van der Waals surface area contributed by atoms with Gasteiger partial charge in [-0.15, -0.1) is 0 Å². The second-order valence-electron chi connectivity index (χ2n) is 8.08. The third-order valence-corrected chi connectivity index (χ3v) is 5.29. The summed E-state index contributed by atoms with van der Waals surface area (Å²) in [5, 5.41) is 0.410. The summed E-state index contributed by atoms with van der Waals surface area (Å²) in [5.74, 6) is 0.354. The Morgan fingerprint density at radius 2 is 1.59 bits per heavy atom. The van der Waals surface area contributed by atoms with Crippen LogP contribution in [0.5, 0.6) is 11.5 Å². The number of ether oxygens (including phenoxy) is 3. The summed E-state index contributed by atoms with van der Waals surface area (Å²) in [6.45, 7) is 5.63. The molecule has 6 nitrogen and oxygen atoms in total. The van der Waals surface area contributed by atoms with E-state index in [0.717, 1.165) is 16.7 Å². The van der Waals surface area contributed by atoms with E-state index in [9.17, 15) is 9.59 Å². The van der Waals surface area contributed by atoms with Crippen LogP contribution in [-0.2, 0) is 9.53 Å². The number of rotatable bonds is 8. The van der Waals surface area contributed by atoms with Gasteiger partial charge in [0.1, 0.15) is 24.5 Å². The summed E-state index contributed by atoms with van der Waals surface area (Å²) in [7, 11) is 0. The summed E-state index contributed by atoms with van der Waals surface area (Å²) in [5.41, 5.74) is 3.71. The maximum absolute atomic E-state index is 13.4. The van der Waals surface area contributed by atoms with Crippen LogP contribution in [0.4, 0.5) is 0 Å². The van der Waals surface area contributed by atoms with Gasteiger partial charge in [0.25, 0.3) is 0 Å². The van der Waals surface area contributed by atoms with Gasteiger partial charge in [-0.3, -0.25) is 4.79 Å². The molecule has 0 atom stereocenters. The number of hydrogen-bond donors (Lipinski definition) is 0. The van der Waals surface area contributed by atoms with Crippen molar-refractivity contribution in [3.05, 3.63) is 93.6 Å². The molecular weight excluding hydrogens is 432 g/mol. The number of fused-ring (bicyclic) bond motifs is 1. The smallest absolute Gasteiger partial charge is 0.344 e. The number of esters is 1. The molecular formula is C28H26O6. The minimum Gasteiger partial charge on any atom is -0.490 e. The fraction of sp³-hybridized carbons (Fsp3) is 0.214. The van der Waals surface area contributed by atoms with Gasteiger partial charge in [0.2, 0.25) is 11.2 Å². The lowest BCUT2D eigenvalue weighted by atomic mass is 10.0. The third-order valence-electron chi connectivity index (χ3n) is 5.29. The Labute approximate surface area is 197 Å². The summed E-state index contributed by atoms with van der Waals surface area (Å²) >= 11 is 0. The average Bonchev–Trinajstić information content (AvgIpc) is 2.83. The molecule has 174 valence electrons. The number of benzene rings is 3. The first-order chi connectivity index (χ1) is 16.4. The zero-order chi connectivity index (χ0) is 24.1. The monoisotopic (exact) mass is 458 g/mol. The van der Waals surface area contributed by atoms with Gasteiger partial charge in [0, 0.05) is 5.56 Å². The Kier molecular flexibility index (Phi) is 6.97. The van der Waals surface area contributed by atoms with Crippen LogP contribution in [0.3, 0.4) is 0 Å². The van der Waals surface area contributed by atoms with Crippen molar-refractivity contribution in [2.45, 2.75) is 20.8 Å². The van der Waals surface area contributed by atoms with Crippen LogP contribution < -0.4 is 14.9 Å². The van der Waals surface area contributed by atoms with Crippen LogP contribution >= 0.6 is 0 Å². The molecule has 6 heteroatoms.